The molecule has 0 aromatic heterocycles. The Morgan fingerprint density at radius 3 is 1.84 bits per heavy atom. The number of carbonyl (C=O) groups excluding carboxylic acids is 1. The van der Waals surface area contributed by atoms with Crippen molar-refractivity contribution in [3.63, 3.8) is 0 Å². The Bertz CT molecular complexity index is 968. The fraction of sp³-hybridized carbons (Fsp3) is 0.316. The molecule has 176 valence electrons. The Kier molecular flexibility index (Phi) is 7.97. The van der Waals surface area contributed by atoms with Gasteiger partial charge in [-0.2, -0.15) is 26.3 Å². The van der Waals surface area contributed by atoms with Crippen molar-refractivity contribution in [2.24, 2.45) is 0 Å². The number of nitrogens with one attached hydrogen (secondary N) is 2. The Balaban J connectivity index is 2.36. The molecule has 6 nitrogen and oxygen atoms in total. The average molecular weight is 484 g/mol. The van der Waals surface area contributed by atoms with Gasteiger partial charge in [0.1, 0.15) is 0 Å². The first-order chi connectivity index (χ1) is 14.8. The average Bonchev–Trinajstić information content (AvgIpc) is 2.67. The largest absolute Gasteiger partial charge is 0.416 e. The summed E-state index contributed by atoms with van der Waals surface area (Å²) in [6.45, 7) is 3.17. The highest BCUT2D eigenvalue weighted by atomic mass is 31.2. The van der Waals surface area contributed by atoms with Crippen LogP contribution in [0.15, 0.2) is 42.5 Å². The Morgan fingerprint density at radius 1 is 0.875 bits per heavy atom. The normalized spacial score (nSPS) is 12.5. The molecule has 2 amide bonds. The number of alkyl halides is 6. The lowest BCUT2D eigenvalue weighted by atomic mass is 10.1. The molecular weight excluding hydrogens is 465 g/mol. The molecule has 2 aromatic carbocycles. The van der Waals surface area contributed by atoms with Gasteiger partial charge in [0.25, 0.3) is 0 Å². The maximum Gasteiger partial charge on any atom is 0.416 e. The summed E-state index contributed by atoms with van der Waals surface area (Å²) in [4.78, 5) is 12.3. The summed E-state index contributed by atoms with van der Waals surface area (Å²) < 4.78 is 101. The molecule has 0 aliphatic heterocycles. The van der Waals surface area contributed by atoms with Crippen molar-refractivity contribution in [1.29, 1.82) is 0 Å². The number of hydrogen-bond acceptors (Lipinski definition) is 4. The van der Waals surface area contributed by atoms with Crippen LogP contribution in [0.1, 0.15) is 25.0 Å². The highest BCUT2D eigenvalue weighted by Crippen LogP contribution is 2.48. The molecule has 0 bridgehead atoms. The van der Waals surface area contributed by atoms with Gasteiger partial charge in [0.05, 0.1) is 35.3 Å². The standard InChI is InChI=1S/C19H19F6N2O4P/c1-3-30-32(29,31-4-2)16-8-6-5-7-15(16)27-17(28)26-14-10-12(18(20,21)22)9-13(11-14)19(23,24)25/h5-11H,3-4H2,1-2H3,(H2,26,27,28). The van der Waals surface area contributed by atoms with Gasteiger partial charge in [-0.3, -0.25) is 4.57 Å². The zero-order chi connectivity index (χ0) is 24.2. The van der Waals surface area contributed by atoms with Crippen LogP contribution in [0, 0.1) is 0 Å². The Morgan fingerprint density at radius 2 is 1.38 bits per heavy atom. The molecule has 0 aliphatic rings. The van der Waals surface area contributed by atoms with E-state index in [0.717, 1.165) is 0 Å². The van der Waals surface area contributed by atoms with E-state index < -0.39 is 42.8 Å². The van der Waals surface area contributed by atoms with E-state index in [9.17, 15) is 35.7 Å². The van der Waals surface area contributed by atoms with Gasteiger partial charge in [-0.15, -0.1) is 0 Å². The van der Waals surface area contributed by atoms with E-state index in [-0.39, 0.29) is 30.3 Å². The Hall–Kier alpha value is -2.56. The number of rotatable bonds is 7. The van der Waals surface area contributed by atoms with Crippen LogP contribution in [-0.4, -0.2) is 19.2 Å². The monoisotopic (exact) mass is 484 g/mol. The lowest BCUT2D eigenvalue weighted by Crippen LogP contribution is -2.25. The van der Waals surface area contributed by atoms with Gasteiger partial charge in [-0.1, -0.05) is 12.1 Å². The van der Waals surface area contributed by atoms with Gasteiger partial charge in [0.15, 0.2) is 0 Å². The van der Waals surface area contributed by atoms with Gasteiger partial charge < -0.3 is 19.7 Å². The first-order valence-corrected chi connectivity index (χ1v) is 10.7. The third-order valence-electron chi connectivity index (χ3n) is 3.89. The summed E-state index contributed by atoms with van der Waals surface area (Å²) >= 11 is 0. The molecule has 2 N–H and O–H groups in total. The van der Waals surface area contributed by atoms with Gasteiger partial charge in [-0.05, 0) is 44.2 Å². The lowest BCUT2D eigenvalue weighted by Gasteiger charge is -2.20. The van der Waals surface area contributed by atoms with Crippen LogP contribution < -0.4 is 15.9 Å². The number of urea groups is 1. The molecule has 0 unspecified atom stereocenters. The molecule has 0 radical (unpaired) electrons. The predicted molar refractivity (Wildman–Crippen MR) is 106 cm³/mol. The predicted octanol–water partition coefficient (Wildman–Crippen LogP) is 6.26. The minimum Gasteiger partial charge on any atom is -0.308 e. The van der Waals surface area contributed by atoms with Crippen molar-refractivity contribution in [1.82, 2.24) is 0 Å². The molecule has 0 fully saturated rings. The SMILES string of the molecule is CCOP(=O)(OCC)c1ccccc1NC(=O)Nc1cc(C(F)(F)F)cc(C(F)(F)F)c1. The first-order valence-electron chi connectivity index (χ1n) is 9.16. The molecule has 0 saturated carbocycles. The minimum absolute atomic E-state index is 0.0161. The second kappa shape index (κ2) is 9.93. The number of carbonyl (C=O) groups is 1. The minimum atomic E-state index is -5.07. The zero-order valence-corrected chi connectivity index (χ0v) is 17.7. The molecule has 2 rings (SSSR count). The molecule has 0 atom stereocenters. The molecule has 32 heavy (non-hydrogen) atoms. The molecule has 2 aromatic rings. The smallest absolute Gasteiger partial charge is 0.308 e. The second-order valence-electron chi connectivity index (χ2n) is 6.22. The third kappa shape index (κ3) is 6.47. The van der Waals surface area contributed by atoms with E-state index >= 15 is 0 Å². The molecule has 0 heterocycles. The van der Waals surface area contributed by atoms with E-state index in [1.807, 2.05) is 5.32 Å². The summed E-state index contributed by atoms with van der Waals surface area (Å²) in [5, 5.41) is 4.16. The van der Waals surface area contributed by atoms with Gasteiger partial charge in [0.2, 0.25) is 0 Å². The summed E-state index contributed by atoms with van der Waals surface area (Å²) in [5.74, 6) is 0. The van der Waals surface area contributed by atoms with Crippen LogP contribution in [0.2, 0.25) is 0 Å². The van der Waals surface area contributed by atoms with Crippen LogP contribution in [0.25, 0.3) is 0 Å². The fourth-order valence-corrected chi connectivity index (χ4v) is 4.37. The van der Waals surface area contributed by atoms with Crippen LogP contribution in [0.5, 0.6) is 0 Å². The molecule has 0 saturated heterocycles. The van der Waals surface area contributed by atoms with E-state index in [0.29, 0.717) is 12.1 Å². The number of amides is 2. The summed E-state index contributed by atoms with van der Waals surface area (Å²) in [6, 6.07) is 5.15. The van der Waals surface area contributed by atoms with Gasteiger partial charge in [0, 0.05) is 5.69 Å². The first kappa shape index (κ1) is 25.7. The molecular formula is C19H19F6N2O4P. The van der Waals surface area contributed by atoms with E-state index in [1.54, 1.807) is 13.8 Å². The zero-order valence-electron chi connectivity index (χ0n) is 16.8. The highest BCUT2D eigenvalue weighted by Gasteiger charge is 2.37. The fourth-order valence-electron chi connectivity index (χ4n) is 2.65. The Labute approximate surface area is 179 Å². The van der Waals surface area contributed by atoms with Crippen molar-refractivity contribution in [2.75, 3.05) is 23.8 Å². The highest BCUT2D eigenvalue weighted by molar-refractivity contribution is 7.62. The number of halogens is 6. The van der Waals surface area contributed by atoms with Crippen molar-refractivity contribution in [3.05, 3.63) is 53.6 Å². The van der Waals surface area contributed by atoms with Crippen molar-refractivity contribution < 1.29 is 44.7 Å². The van der Waals surface area contributed by atoms with Crippen LogP contribution >= 0.6 is 7.60 Å². The summed E-state index contributed by atoms with van der Waals surface area (Å²) in [7, 11) is -3.85. The maximum atomic E-state index is 13.0. The quantitative estimate of drug-likeness (QED) is 0.359. The van der Waals surface area contributed by atoms with Crippen molar-refractivity contribution in [2.45, 2.75) is 26.2 Å². The number of para-hydroxylation sites is 1. The summed E-state index contributed by atoms with van der Waals surface area (Å²) in [5.41, 5.74) is -3.96. The van der Waals surface area contributed by atoms with Gasteiger partial charge in [-0.25, -0.2) is 4.79 Å². The number of hydrogen-bond donors (Lipinski definition) is 2. The van der Waals surface area contributed by atoms with Crippen molar-refractivity contribution >= 4 is 30.3 Å². The third-order valence-corrected chi connectivity index (χ3v) is 6.07. The summed E-state index contributed by atoms with van der Waals surface area (Å²) in [6.07, 6.45) is -10.1. The molecule has 0 spiro atoms. The van der Waals surface area contributed by atoms with Crippen molar-refractivity contribution in [3.8, 4) is 0 Å². The molecule has 13 heteroatoms. The number of benzene rings is 2. The van der Waals surface area contributed by atoms with Gasteiger partial charge >= 0.3 is 26.0 Å². The number of anilines is 2. The van der Waals surface area contributed by atoms with Crippen LogP contribution in [-0.2, 0) is 26.0 Å². The second-order valence-corrected chi connectivity index (χ2v) is 8.22. The topological polar surface area (TPSA) is 76.7 Å². The van der Waals surface area contributed by atoms with E-state index in [4.69, 9.17) is 9.05 Å². The van der Waals surface area contributed by atoms with Crippen LogP contribution in [0.4, 0.5) is 42.5 Å². The maximum absolute atomic E-state index is 13.0. The van der Waals surface area contributed by atoms with E-state index in [1.165, 1.54) is 24.3 Å². The molecule has 0 aliphatic carbocycles. The van der Waals surface area contributed by atoms with Crippen LogP contribution in [0.3, 0.4) is 0 Å². The lowest BCUT2D eigenvalue weighted by molar-refractivity contribution is -0.143. The van der Waals surface area contributed by atoms with E-state index in [2.05, 4.69) is 5.32 Å².